The maximum Gasteiger partial charge on any atom is 0.246 e. The predicted molar refractivity (Wildman–Crippen MR) is 113 cm³/mol. The molecular formula is C24H29N3O. The van der Waals surface area contributed by atoms with Crippen LogP contribution in [0.3, 0.4) is 0 Å². The molecule has 1 aromatic heterocycles. The van der Waals surface area contributed by atoms with Gasteiger partial charge in [0.1, 0.15) is 0 Å². The van der Waals surface area contributed by atoms with Gasteiger partial charge < -0.3 is 4.90 Å². The van der Waals surface area contributed by atoms with Crippen molar-refractivity contribution in [1.82, 2.24) is 14.8 Å². The highest BCUT2D eigenvalue weighted by molar-refractivity contribution is 5.92. The van der Waals surface area contributed by atoms with Crippen molar-refractivity contribution in [3.63, 3.8) is 0 Å². The molecule has 4 rings (SSSR count). The molecule has 4 heteroatoms. The molecule has 1 spiro atoms. The Morgan fingerprint density at radius 1 is 1.18 bits per heavy atom. The van der Waals surface area contributed by atoms with Crippen LogP contribution in [0.5, 0.6) is 0 Å². The third kappa shape index (κ3) is 4.50. The van der Waals surface area contributed by atoms with Crippen molar-refractivity contribution in [3.8, 4) is 0 Å². The highest BCUT2D eigenvalue weighted by Gasteiger charge is 2.42. The average molecular weight is 376 g/mol. The fraction of sp³-hybridized carbons (Fsp3) is 0.417. The van der Waals surface area contributed by atoms with Crippen molar-refractivity contribution >= 4 is 12.0 Å². The first-order valence-corrected chi connectivity index (χ1v) is 10.3. The van der Waals surface area contributed by atoms with Crippen LogP contribution in [0.15, 0.2) is 54.9 Å². The molecule has 146 valence electrons. The van der Waals surface area contributed by atoms with Gasteiger partial charge in [0.25, 0.3) is 0 Å². The van der Waals surface area contributed by atoms with Crippen molar-refractivity contribution in [1.29, 1.82) is 0 Å². The molecule has 1 amide bonds. The van der Waals surface area contributed by atoms with Crippen LogP contribution in [0.4, 0.5) is 0 Å². The Labute approximate surface area is 167 Å². The molecule has 2 aromatic rings. The summed E-state index contributed by atoms with van der Waals surface area (Å²) in [5.74, 6) is 0.122. The predicted octanol–water partition coefficient (Wildman–Crippen LogP) is 3.92. The van der Waals surface area contributed by atoms with Crippen LogP contribution in [-0.2, 0) is 11.3 Å². The molecular weight excluding hydrogens is 346 g/mol. The molecule has 0 bridgehead atoms. The Kier molecular flexibility index (Phi) is 5.58. The van der Waals surface area contributed by atoms with Crippen LogP contribution in [0, 0.1) is 12.3 Å². The number of pyridine rings is 1. The van der Waals surface area contributed by atoms with E-state index in [4.69, 9.17) is 0 Å². The SMILES string of the molecule is Cc1cccc(CN2CCC[C@]3(CCN(C(=O)/C=C/c4cccnc4)C3)C2)c1. The number of hydrogen-bond acceptors (Lipinski definition) is 3. The van der Waals surface area contributed by atoms with E-state index in [0.717, 1.165) is 44.7 Å². The smallest absolute Gasteiger partial charge is 0.246 e. The quantitative estimate of drug-likeness (QED) is 0.760. The van der Waals surface area contributed by atoms with Crippen molar-refractivity contribution in [3.05, 3.63) is 71.6 Å². The lowest BCUT2D eigenvalue weighted by Gasteiger charge is -2.40. The number of amides is 1. The molecule has 2 fully saturated rings. The van der Waals surface area contributed by atoms with Gasteiger partial charge in [0.15, 0.2) is 0 Å². The monoisotopic (exact) mass is 375 g/mol. The summed E-state index contributed by atoms with van der Waals surface area (Å²) in [5, 5.41) is 0. The number of aromatic nitrogens is 1. The highest BCUT2D eigenvalue weighted by Crippen LogP contribution is 2.39. The fourth-order valence-corrected chi connectivity index (χ4v) is 4.72. The van der Waals surface area contributed by atoms with E-state index in [-0.39, 0.29) is 11.3 Å². The van der Waals surface area contributed by atoms with Gasteiger partial charge in [-0.15, -0.1) is 0 Å². The van der Waals surface area contributed by atoms with Crippen LogP contribution in [0.25, 0.3) is 6.08 Å². The fourth-order valence-electron chi connectivity index (χ4n) is 4.72. The second-order valence-corrected chi connectivity index (χ2v) is 8.43. The molecule has 0 N–H and O–H groups in total. The third-order valence-corrected chi connectivity index (χ3v) is 6.08. The van der Waals surface area contributed by atoms with Crippen molar-refractivity contribution in [2.45, 2.75) is 32.7 Å². The zero-order valence-electron chi connectivity index (χ0n) is 16.7. The molecule has 0 radical (unpaired) electrons. The van der Waals surface area contributed by atoms with E-state index in [2.05, 4.69) is 41.1 Å². The lowest BCUT2D eigenvalue weighted by atomic mass is 9.79. The van der Waals surface area contributed by atoms with E-state index in [1.54, 1.807) is 18.5 Å². The minimum Gasteiger partial charge on any atom is -0.339 e. The Balaban J connectivity index is 1.36. The number of aryl methyl sites for hydroxylation is 1. The highest BCUT2D eigenvalue weighted by atomic mass is 16.2. The molecule has 2 saturated heterocycles. The summed E-state index contributed by atoms with van der Waals surface area (Å²) in [7, 11) is 0. The van der Waals surface area contributed by atoms with E-state index >= 15 is 0 Å². The van der Waals surface area contributed by atoms with Crippen LogP contribution >= 0.6 is 0 Å². The molecule has 0 saturated carbocycles. The van der Waals surface area contributed by atoms with E-state index in [1.165, 1.54) is 24.0 Å². The molecule has 0 unspecified atom stereocenters. The Morgan fingerprint density at radius 3 is 2.93 bits per heavy atom. The first kappa shape index (κ1) is 18.9. The summed E-state index contributed by atoms with van der Waals surface area (Å²) in [4.78, 5) is 21.4. The summed E-state index contributed by atoms with van der Waals surface area (Å²) in [5.41, 5.74) is 3.94. The van der Waals surface area contributed by atoms with E-state index in [9.17, 15) is 4.79 Å². The van der Waals surface area contributed by atoms with E-state index in [1.807, 2.05) is 23.1 Å². The Bertz CT molecular complexity index is 848. The van der Waals surface area contributed by atoms with Gasteiger partial charge in [-0.3, -0.25) is 14.7 Å². The Morgan fingerprint density at radius 2 is 2.11 bits per heavy atom. The van der Waals surface area contributed by atoms with Gasteiger partial charge in [-0.25, -0.2) is 0 Å². The summed E-state index contributed by atoms with van der Waals surface area (Å²) in [6.07, 6.45) is 10.7. The molecule has 4 nitrogen and oxygen atoms in total. The number of rotatable bonds is 4. The van der Waals surface area contributed by atoms with Crippen LogP contribution in [-0.4, -0.2) is 46.9 Å². The average Bonchev–Trinajstić information content (AvgIpc) is 3.10. The third-order valence-electron chi connectivity index (χ3n) is 6.08. The van der Waals surface area contributed by atoms with Gasteiger partial charge in [-0.1, -0.05) is 35.9 Å². The van der Waals surface area contributed by atoms with Gasteiger partial charge >= 0.3 is 0 Å². The summed E-state index contributed by atoms with van der Waals surface area (Å²) >= 11 is 0. The van der Waals surface area contributed by atoms with Gasteiger partial charge in [0.05, 0.1) is 0 Å². The minimum absolute atomic E-state index is 0.122. The molecule has 3 heterocycles. The molecule has 1 aromatic carbocycles. The lowest BCUT2D eigenvalue weighted by Crippen LogP contribution is -2.44. The lowest BCUT2D eigenvalue weighted by molar-refractivity contribution is -0.125. The van der Waals surface area contributed by atoms with Gasteiger partial charge in [-0.2, -0.15) is 0 Å². The van der Waals surface area contributed by atoms with Crippen LogP contribution in [0.2, 0.25) is 0 Å². The largest absolute Gasteiger partial charge is 0.339 e. The molecule has 2 aliphatic rings. The van der Waals surface area contributed by atoms with E-state index in [0.29, 0.717) is 0 Å². The van der Waals surface area contributed by atoms with Gasteiger partial charge in [0.2, 0.25) is 5.91 Å². The number of carbonyl (C=O) groups excluding carboxylic acids is 1. The van der Waals surface area contributed by atoms with Crippen molar-refractivity contribution < 1.29 is 4.79 Å². The van der Waals surface area contributed by atoms with E-state index < -0.39 is 0 Å². The maximum absolute atomic E-state index is 12.7. The number of hydrogen-bond donors (Lipinski definition) is 0. The summed E-state index contributed by atoms with van der Waals surface area (Å²) < 4.78 is 0. The van der Waals surface area contributed by atoms with Crippen molar-refractivity contribution in [2.24, 2.45) is 5.41 Å². The first-order valence-electron chi connectivity index (χ1n) is 10.3. The van der Waals surface area contributed by atoms with Crippen molar-refractivity contribution in [2.75, 3.05) is 26.2 Å². The number of piperidine rings is 1. The van der Waals surface area contributed by atoms with Crippen LogP contribution < -0.4 is 0 Å². The number of nitrogens with zero attached hydrogens (tertiary/aromatic N) is 3. The number of likely N-dealkylation sites (tertiary alicyclic amines) is 2. The second-order valence-electron chi connectivity index (χ2n) is 8.43. The first-order chi connectivity index (χ1) is 13.6. The molecule has 0 aliphatic carbocycles. The second kappa shape index (κ2) is 8.27. The minimum atomic E-state index is 0.122. The van der Waals surface area contributed by atoms with Gasteiger partial charge in [0, 0.05) is 50.1 Å². The molecule has 28 heavy (non-hydrogen) atoms. The van der Waals surface area contributed by atoms with Crippen LogP contribution in [0.1, 0.15) is 36.0 Å². The molecule has 1 atom stereocenters. The zero-order valence-corrected chi connectivity index (χ0v) is 16.7. The molecule has 2 aliphatic heterocycles. The summed E-state index contributed by atoms with van der Waals surface area (Å²) in [6.45, 7) is 7.17. The standard InChI is InChI=1S/C24H29N3O/c1-20-5-2-6-22(15-20)17-26-13-4-10-24(18-26)11-14-27(19-24)23(28)9-8-21-7-3-12-25-16-21/h2-3,5-9,12,15-16H,4,10-11,13-14,17-19H2,1H3/b9-8+/t24-/m0/s1. The topological polar surface area (TPSA) is 36.4 Å². The summed E-state index contributed by atoms with van der Waals surface area (Å²) in [6, 6.07) is 12.7. The zero-order chi connectivity index (χ0) is 19.4. The Hall–Kier alpha value is -2.46. The maximum atomic E-state index is 12.7. The number of carbonyl (C=O) groups is 1. The number of benzene rings is 1. The normalized spacial score (nSPS) is 23.0. The van der Waals surface area contributed by atoms with Gasteiger partial charge in [-0.05, 0) is 56.0 Å².